The first-order valence-corrected chi connectivity index (χ1v) is 3.50. The Morgan fingerprint density at radius 2 is 2.40 bits per heavy atom. The summed E-state index contributed by atoms with van der Waals surface area (Å²) in [5.41, 5.74) is 1.23. The quantitative estimate of drug-likeness (QED) is 0.629. The van der Waals surface area contributed by atoms with Crippen LogP contribution in [0, 0.1) is 6.42 Å². The molecule has 0 aliphatic rings. The van der Waals surface area contributed by atoms with Crippen LogP contribution >= 0.6 is 0 Å². The van der Waals surface area contributed by atoms with Crippen molar-refractivity contribution in [3.05, 3.63) is 30.4 Å². The van der Waals surface area contributed by atoms with E-state index in [9.17, 15) is 0 Å². The second kappa shape index (κ2) is 3.99. The molecule has 0 amide bonds. The number of hydrogen-bond donors (Lipinski definition) is 0. The molecule has 1 aromatic heterocycles. The van der Waals surface area contributed by atoms with Crippen LogP contribution in [0.3, 0.4) is 0 Å². The average Bonchev–Trinajstić information content (AvgIpc) is 2.03. The van der Waals surface area contributed by atoms with Gasteiger partial charge in [0, 0.05) is 6.20 Å². The van der Waals surface area contributed by atoms with E-state index in [1.807, 2.05) is 6.07 Å². The zero-order valence-electron chi connectivity index (χ0n) is 6.12. The van der Waals surface area contributed by atoms with E-state index in [1.54, 1.807) is 12.4 Å². The predicted molar refractivity (Wildman–Crippen MR) is 40.3 cm³/mol. The van der Waals surface area contributed by atoms with E-state index in [0.29, 0.717) is 0 Å². The highest BCUT2D eigenvalue weighted by Gasteiger charge is 1.89. The molecule has 0 atom stereocenters. The molecule has 1 rings (SSSR count). The topological polar surface area (TPSA) is 25.8 Å². The van der Waals surface area contributed by atoms with Gasteiger partial charge >= 0.3 is 0 Å². The van der Waals surface area contributed by atoms with Gasteiger partial charge in [0.25, 0.3) is 0 Å². The minimum atomic E-state index is 1.01. The standard InChI is InChI=1S/C8H11N2/c1-2-3-4-8-5-6-9-10-7-8/h3,5-7H,2,4H2,1H3. The van der Waals surface area contributed by atoms with E-state index < -0.39 is 0 Å². The van der Waals surface area contributed by atoms with Crippen molar-refractivity contribution in [2.45, 2.75) is 19.8 Å². The summed E-state index contributed by atoms with van der Waals surface area (Å²) in [5.74, 6) is 0. The molecule has 2 nitrogen and oxygen atoms in total. The lowest BCUT2D eigenvalue weighted by molar-refractivity contribution is 0.951. The van der Waals surface area contributed by atoms with Crippen LogP contribution in [-0.4, -0.2) is 10.2 Å². The molecule has 0 saturated heterocycles. The molecule has 0 spiro atoms. The third-order valence-electron chi connectivity index (χ3n) is 1.31. The van der Waals surface area contributed by atoms with Crippen molar-refractivity contribution in [3.8, 4) is 0 Å². The first-order valence-electron chi connectivity index (χ1n) is 3.50. The Balaban J connectivity index is 2.43. The third-order valence-corrected chi connectivity index (χ3v) is 1.31. The number of hydrogen-bond acceptors (Lipinski definition) is 2. The Hall–Kier alpha value is -0.920. The van der Waals surface area contributed by atoms with Crippen LogP contribution in [0.1, 0.15) is 18.9 Å². The summed E-state index contributed by atoms with van der Waals surface area (Å²) in [6.07, 6.45) is 7.86. The van der Waals surface area contributed by atoms with Crippen molar-refractivity contribution in [3.63, 3.8) is 0 Å². The van der Waals surface area contributed by atoms with Gasteiger partial charge in [-0.1, -0.05) is 13.3 Å². The molecule has 10 heavy (non-hydrogen) atoms. The van der Waals surface area contributed by atoms with Crippen LogP contribution in [0.2, 0.25) is 0 Å². The van der Waals surface area contributed by atoms with E-state index in [-0.39, 0.29) is 0 Å². The molecular formula is C8H11N2. The monoisotopic (exact) mass is 135 g/mol. The highest BCUT2D eigenvalue weighted by molar-refractivity contribution is 5.07. The maximum Gasteiger partial charge on any atom is 0.0528 e. The summed E-state index contributed by atoms with van der Waals surface area (Å²) in [4.78, 5) is 0. The summed E-state index contributed by atoms with van der Waals surface area (Å²) in [5, 5.41) is 7.46. The predicted octanol–water partition coefficient (Wildman–Crippen LogP) is 1.63. The van der Waals surface area contributed by atoms with Gasteiger partial charge in [-0.05, 0) is 24.5 Å². The number of rotatable bonds is 3. The number of aromatic nitrogens is 2. The number of nitrogens with zero attached hydrogens (tertiary/aromatic N) is 2. The van der Waals surface area contributed by atoms with Gasteiger partial charge in [0.2, 0.25) is 0 Å². The molecule has 1 aromatic rings. The highest BCUT2D eigenvalue weighted by Crippen LogP contribution is 1.99. The van der Waals surface area contributed by atoms with Gasteiger partial charge in [-0.2, -0.15) is 10.2 Å². The Labute approximate surface area is 61.3 Å². The van der Waals surface area contributed by atoms with Crippen molar-refractivity contribution in [1.82, 2.24) is 10.2 Å². The first-order chi connectivity index (χ1) is 4.93. The summed E-state index contributed by atoms with van der Waals surface area (Å²) in [7, 11) is 0. The van der Waals surface area contributed by atoms with E-state index in [2.05, 4.69) is 23.5 Å². The molecule has 0 N–H and O–H groups in total. The molecule has 0 unspecified atom stereocenters. The smallest absolute Gasteiger partial charge is 0.0528 e. The van der Waals surface area contributed by atoms with Gasteiger partial charge in [-0.15, -0.1) is 0 Å². The summed E-state index contributed by atoms with van der Waals surface area (Å²) < 4.78 is 0. The molecule has 53 valence electrons. The zero-order valence-corrected chi connectivity index (χ0v) is 6.12. The Bertz CT molecular complexity index is 172. The molecule has 0 aromatic carbocycles. The van der Waals surface area contributed by atoms with Crippen LogP contribution in [0.15, 0.2) is 18.5 Å². The largest absolute Gasteiger partial charge is 0.159 e. The summed E-state index contributed by atoms with van der Waals surface area (Å²) >= 11 is 0. The minimum absolute atomic E-state index is 1.01. The lowest BCUT2D eigenvalue weighted by Gasteiger charge is -1.94. The first kappa shape index (κ1) is 7.19. The van der Waals surface area contributed by atoms with Gasteiger partial charge in [-0.25, -0.2) is 0 Å². The zero-order chi connectivity index (χ0) is 7.23. The molecule has 0 aliphatic carbocycles. The fourth-order valence-electron chi connectivity index (χ4n) is 0.750. The molecule has 2 heteroatoms. The van der Waals surface area contributed by atoms with Crippen molar-refractivity contribution in [1.29, 1.82) is 0 Å². The molecule has 0 aliphatic heterocycles. The molecule has 0 bridgehead atoms. The SMILES string of the molecule is CC[CH]Cc1ccnnc1. The Morgan fingerprint density at radius 1 is 1.50 bits per heavy atom. The fourth-order valence-corrected chi connectivity index (χ4v) is 0.750. The molecule has 0 fully saturated rings. The normalized spacial score (nSPS) is 9.70. The number of unbranched alkanes of at least 4 members (excludes halogenated alkanes) is 1. The lowest BCUT2D eigenvalue weighted by atomic mass is 10.1. The van der Waals surface area contributed by atoms with Crippen molar-refractivity contribution >= 4 is 0 Å². The van der Waals surface area contributed by atoms with Crippen molar-refractivity contribution in [2.24, 2.45) is 0 Å². The Morgan fingerprint density at radius 3 is 3.00 bits per heavy atom. The second-order valence-corrected chi connectivity index (χ2v) is 2.15. The molecule has 1 heterocycles. The molecule has 0 saturated carbocycles. The maximum absolute atomic E-state index is 3.77. The van der Waals surface area contributed by atoms with Crippen LogP contribution in [0.4, 0.5) is 0 Å². The van der Waals surface area contributed by atoms with E-state index >= 15 is 0 Å². The van der Waals surface area contributed by atoms with Gasteiger partial charge in [-0.3, -0.25) is 0 Å². The van der Waals surface area contributed by atoms with E-state index in [0.717, 1.165) is 12.8 Å². The maximum atomic E-state index is 3.77. The van der Waals surface area contributed by atoms with Crippen molar-refractivity contribution < 1.29 is 0 Å². The average molecular weight is 135 g/mol. The van der Waals surface area contributed by atoms with Gasteiger partial charge < -0.3 is 0 Å². The molecule has 1 radical (unpaired) electrons. The van der Waals surface area contributed by atoms with Gasteiger partial charge in [0.1, 0.15) is 0 Å². The third kappa shape index (κ3) is 2.13. The Kier molecular flexibility index (Phi) is 2.87. The van der Waals surface area contributed by atoms with E-state index in [1.165, 1.54) is 5.56 Å². The van der Waals surface area contributed by atoms with Crippen LogP contribution < -0.4 is 0 Å². The summed E-state index contributed by atoms with van der Waals surface area (Å²) in [6.45, 7) is 2.13. The van der Waals surface area contributed by atoms with E-state index in [4.69, 9.17) is 0 Å². The van der Waals surface area contributed by atoms with Crippen molar-refractivity contribution in [2.75, 3.05) is 0 Å². The summed E-state index contributed by atoms with van der Waals surface area (Å²) in [6, 6.07) is 1.99. The highest BCUT2D eigenvalue weighted by atomic mass is 15.1. The van der Waals surface area contributed by atoms with Gasteiger partial charge in [0.15, 0.2) is 0 Å². The molecular weight excluding hydrogens is 124 g/mol. The van der Waals surface area contributed by atoms with Crippen LogP contribution in [0.25, 0.3) is 0 Å². The van der Waals surface area contributed by atoms with Crippen LogP contribution in [-0.2, 0) is 6.42 Å². The van der Waals surface area contributed by atoms with Crippen LogP contribution in [0.5, 0.6) is 0 Å². The second-order valence-electron chi connectivity index (χ2n) is 2.15. The minimum Gasteiger partial charge on any atom is -0.159 e. The fraction of sp³-hybridized carbons (Fsp3) is 0.375. The van der Waals surface area contributed by atoms with Gasteiger partial charge in [0.05, 0.1) is 6.20 Å². The lowest BCUT2D eigenvalue weighted by Crippen LogP contribution is -1.87.